The highest BCUT2D eigenvalue weighted by Gasteiger charge is 2.34. The minimum Gasteiger partial charge on any atom is -0.481 e. The van der Waals surface area contributed by atoms with E-state index in [0.29, 0.717) is 12.3 Å². The third-order valence-corrected chi connectivity index (χ3v) is 4.91. The largest absolute Gasteiger partial charge is 0.481 e. The number of hydrogen-bond acceptors (Lipinski definition) is 5. The number of anilines is 1. The number of alkyl halides is 3. The molecule has 34 heavy (non-hydrogen) atoms. The van der Waals surface area contributed by atoms with Crippen molar-refractivity contribution < 1.29 is 32.6 Å². The van der Waals surface area contributed by atoms with Crippen molar-refractivity contribution in [3.05, 3.63) is 71.4 Å². The highest BCUT2D eigenvalue weighted by molar-refractivity contribution is 6.04. The topological polar surface area (TPSA) is 106 Å². The summed E-state index contributed by atoms with van der Waals surface area (Å²) in [5.74, 6) is -1.54. The molecule has 2 aromatic heterocycles. The molecule has 0 fully saturated rings. The van der Waals surface area contributed by atoms with Gasteiger partial charge in [0.25, 0.3) is 5.91 Å². The number of aromatic nitrogens is 3. The molecule has 0 aliphatic rings. The summed E-state index contributed by atoms with van der Waals surface area (Å²) in [5.41, 5.74) is -0.496. The molecule has 0 aliphatic heterocycles. The third kappa shape index (κ3) is 6.12. The van der Waals surface area contributed by atoms with Crippen LogP contribution in [-0.2, 0) is 23.8 Å². The van der Waals surface area contributed by atoms with Crippen molar-refractivity contribution in [1.29, 1.82) is 0 Å². The van der Waals surface area contributed by atoms with Gasteiger partial charge < -0.3 is 19.7 Å². The van der Waals surface area contributed by atoms with Crippen molar-refractivity contribution in [3.8, 4) is 5.88 Å². The first-order chi connectivity index (χ1) is 16.1. The van der Waals surface area contributed by atoms with Crippen molar-refractivity contribution in [2.24, 2.45) is 0 Å². The number of carboxylic acids is 1. The molecule has 0 bridgehead atoms. The molecule has 0 atom stereocenters. The van der Waals surface area contributed by atoms with Gasteiger partial charge in [0.1, 0.15) is 12.0 Å². The molecule has 0 aliphatic carbocycles. The summed E-state index contributed by atoms with van der Waals surface area (Å²) in [4.78, 5) is 31.7. The second-order valence-electron chi connectivity index (χ2n) is 7.72. The lowest BCUT2D eigenvalue weighted by Gasteiger charge is -2.19. The summed E-state index contributed by atoms with van der Waals surface area (Å²) in [6.07, 6.45) is -1.87. The van der Waals surface area contributed by atoms with Gasteiger partial charge in [0.2, 0.25) is 5.88 Å². The molecular formula is C23H23F3N4O4. The molecule has 180 valence electrons. The fraction of sp³-hybridized carbons (Fsp3) is 0.304. The zero-order valence-corrected chi connectivity index (χ0v) is 18.5. The van der Waals surface area contributed by atoms with Crippen molar-refractivity contribution in [3.63, 3.8) is 0 Å². The summed E-state index contributed by atoms with van der Waals surface area (Å²) in [6, 6.07) is 7.58. The van der Waals surface area contributed by atoms with Gasteiger partial charge in [0.05, 0.1) is 24.3 Å². The Morgan fingerprint density at radius 2 is 1.94 bits per heavy atom. The molecule has 3 rings (SSSR count). The number of carboxylic acid groups (broad SMARTS) is 1. The zero-order valence-electron chi connectivity index (χ0n) is 18.5. The van der Waals surface area contributed by atoms with Crippen molar-refractivity contribution in [1.82, 2.24) is 14.5 Å². The number of aliphatic carboxylic acids is 1. The minimum atomic E-state index is -4.73. The Balaban J connectivity index is 1.83. The van der Waals surface area contributed by atoms with Crippen LogP contribution in [0.25, 0.3) is 0 Å². The third-order valence-electron chi connectivity index (χ3n) is 4.91. The van der Waals surface area contributed by atoms with Crippen molar-refractivity contribution in [2.45, 2.75) is 38.9 Å². The molecule has 0 radical (unpaired) electrons. The van der Waals surface area contributed by atoms with Crippen LogP contribution in [0.5, 0.6) is 5.88 Å². The second kappa shape index (κ2) is 10.4. The number of ether oxygens (including phenoxy) is 1. The summed E-state index contributed by atoms with van der Waals surface area (Å²) < 4.78 is 47.8. The lowest BCUT2D eigenvalue weighted by Crippen LogP contribution is -2.22. The van der Waals surface area contributed by atoms with E-state index in [0.717, 1.165) is 23.9 Å². The molecule has 0 saturated carbocycles. The van der Waals surface area contributed by atoms with Crippen molar-refractivity contribution in [2.75, 3.05) is 11.9 Å². The Bertz CT molecular complexity index is 1160. The van der Waals surface area contributed by atoms with Crippen LogP contribution in [0.2, 0.25) is 0 Å². The fourth-order valence-corrected chi connectivity index (χ4v) is 3.53. The molecule has 1 aromatic carbocycles. The Morgan fingerprint density at radius 1 is 1.18 bits per heavy atom. The van der Waals surface area contributed by atoms with Gasteiger partial charge in [-0.05, 0) is 43.7 Å². The quantitative estimate of drug-likeness (QED) is 0.475. The van der Waals surface area contributed by atoms with Gasteiger partial charge in [-0.2, -0.15) is 13.2 Å². The lowest BCUT2D eigenvalue weighted by atomic mass is 10.1. The predicted molar refractivity (Wildman–Crippen MR) is 117 cm³/mol. The van der Waals surface area contributed by atoms with Gasteiger partial charge in [-0.3, -0.25) is 9.59 Å². The molecule has 2 heterocycles. The second-order valence-corrected chi connectivity index (χ2v) is 7.72. The number of amides is 1. The number of carbonyl (C=O) groups is 2. The number of hydrogen-bond donors (Lipinski definition) is 2. The van der Waals surface area contributed by atoms with E-state index in [1.54, 1.807) is 22.9 Å². The van der Waals surface area contributed by atoms with Crippen LogP contribution in [0.1, 0.15) is 47.2 Å². The van der Waals surface area contributed by atoms with Crippen LogP contribution in [0, 0.1) is 0 Å². The van der Waals surface area contributed by atoms with E-state index in [1.807, 2.05) is 13.8 Å². The van der Waals surface area contributed by atoms with Crippen LogP contribution in [0.3, 0.4) is 0 Å². The average molecular weight is 476 g/mol. The Morgan fingerprint density at radius 3 is 2.56 bits per heavy atom. The number of benzene rings is 1. The normalized spacial score (nSPS) is 11.5. The van der Waals surface area contributed by atoms with E-state index in [9.17, 15) is 22.8 Å². The molecule has 0 unspecified atom stereocenters. The first-order valence-corrected chi connectivity index (χ1v) is 10.4. The van der Waals surface area contributed by atoms with Gasteiger partial charge in [0.15, 0.2) is 0 Å². The van der Waals surface area contributed by atoms with Crippen LogP contribution in [0.15, 0.2) is 48.9 Å². The van der Waals surface area contributed by atoms with Crippen molar-refractivity contribution >= 4 is 17.6 Å². The number of carbonyl (C=O) groups excluding carboxylic acids is 1. The van der Waals surface area contributed by atoms with E-state index in [4.69, 9.17) is 9.84 Å². The molecule has 3 aromatic rings. The molecule has 2 N–H and O–H groups in total. The number of nitrogens with zero attached hydrogens (tertiary/aromatic N) is 3. The maximum absolute atomic E-state index is 13.5. The minimum absolute atomic E-state index is 0.137. The molecule has 8 nitrogen and oxygen atoms in total. The van der Waals surface area contributed by atoms with Gasteiger partial charge in [-0.1, -0.05) is 6.07 Å². The zero-order chi connectivity index (χ0) is 24.9. The van der Waals surface area contributed by atoms with E-state index in [2.05, 4.69) is 15.3 Å². The van der Waals surface area contributed by atoms with Crippen LogP contribution < -0.4 is 10.1 Å². The molecule has 0 spiro atoms. The Labute approximate surface area is 193 Å². The fourth-order valence-electron chi connectivity index (χ4n) is 3.53. The summed E-state index contributed by atoms with van der Waals surface area (Å²) in [6.45, 7) is 3.96. The highest BCUT2D eigenvalue weighted by atomic mass is 19.4. The smallest absolute Gasteiger partial charge is 0.418 e. The maximum Gasteiger partial charge on any atom is 0.418 e. The van der Waals surface area contributed by atoms with Gasteiger partial charge in [-0.15, -0.1) is 0 Å². The van der Waals surface area contributed by atoms with E-state index in [1.165, 1.54) is 12.4 Å². The van der Waals surface area contributed by atoms with E-state index >= 15 is 0 Å². The summed E-state index contributed by atoms with van der Waals surface area (Å²) in [5, 5.41) is 11.3. The summed E-state index contributed by atoms with van der Waals surface area (Å²) >= 11 is 0. The monoisotopic (exact) mass is 476 g/mol. The van der Waals surface area contributed by atoms with Gasteiger partial charge >= 0.3 is 12.1 Å². The predicted octanol–water partition coefficient (Wildman–Crippen LogP) is 4.38. The molecular weight excluding hydrogens is 453 g/mol. The van der Waals surface area contributed by atoms with E-state index in [-0.39, 0.29) is 23.9 Å². The molecule has 0 saturated heterocycles. The average Bonchev–Trinajstić information content (AvgIpc) is 3.18. The lowest BCUT2D eigenvalue weighted by molar-refractivity contribution is -0.137. The first kappa shape index (κ1) is 24.7. The Hall–Kier alpha value is -3.89. The SMILES string of the molecule is CC(C)n1c(CCOc2ccncn2)ccc1C(=O)Nc1cc(CC(=O)O)ccc1C(F)(F)F. The highest BCUT2D eigenvalue weighted by Crippen LogP contribution is 2.36. The molecule has 11 heteroatoms. The van der Waals surface area contributed by atoms with Crippen LogP contribution >= 0.6 is 0 Å². The number of rotatable bonds is 9. The summed E-state index contributed by atoms with van der Waals surface area (Å²) in [7, 11) is 0. The first-order valence-electron chi connectivity index (χ1n) is 10.4. The van der Waals surface area contributed by atoms with Crippen LogP contribution in [-0.4, -0.2) is 38.1 Å². The van der Waals surface area contributed by atoms with Crippen LogP contribution in [0.4, 0.5) is 18.9 Å². The maximum atomic E-state index is 13.5. The standard InChI is InChI=1S/C23H23F3N4O4/c1-14(2)30-16(8-10-34-20-7-9-27-13-28-20)4-6-19(30)22(33)29-18-11-15(12-21(31)32)3-5-17(18)23(24,25)26/h3-7,9,11,13-14H,8,10,12H2,1-2H3,(H,29,33)(H,31,32). The number of halogens is 3. The molecule has 1 amide bonds. The van der Waals surface area contributed by atoms with Gasteiger partial charge in [-0.25, -0.2) is 9.97 Å². The van der Waals surface area contributed by atoms with E-state index < -0.39 is 35.7 Å². The number of nitrogens with one attached hydrogen (secondary N) is 1. The Kier molecular flexibility index (Phi) is 7.54. The van der Waals surface area contributed by atoms with Gasteiger partial charge in [0, 0.05) is 30.4 Å².